The molecular formula is C12H7BrClNO2. The fraction of sp³-hybridized carbons (Fsp3) is 0.0833. The van der Waals surface area contributed by atoms with E-state index in [1.54, 1.807) is 30.3 Å². The van der Waals surface area contributed by atoms with Crippen LogP contribution in [0.15, 0.2) is 39.4 Å². The third-order valence-corrected chi connectivity index (χ3v) is 2.72. The molecule has 0 aliphatic carbocycles. The lowest BCUT2D eigenvalue weighted by Crippen LogP contribution is -1.95. The Hall–Kier alpha value is -1.44. The maximum Gasteiger partial charge on any atom is 0.169 e. The van der Waals surface area contributed by atoms with E-state index in [2.05, 4.69) is 15.9 Å². The summed E-state index contributed by atoms with van der Waals surface area (Å²) < 4.78 is 11.4. The van der Waals surface area contributed by atoms with Gasteiger partial charge in [-0.05, 0) is 40.2 Å². The predicted octanol–water partition coefficient (Wildman–Crippen LogP) is 4.15. The first kappa shape index (κ1) is 12.0. The number of furan rings is 1. The Labute approximate surface area is 112 Å². The summed E-state index contributed by atoms with van der Waals surface area (Å²) in [5, 5.41) is 9.43. The monoisotopic (exact) mass is 311 g/mol. The average Bonchev–Trinajstić information content (AvgIpc) is 2.73. The molecule has 0 amide bonds. The van der Waals surface area contributed by atoms with Crippen molar-refractivity contribution in [1.29, 1.82) is 5.26 Å². The molecule has 0 radical (unpaired) electrons. The summed E-state index contributed by atoms with van der Waals surface area (Å²) in [5.74, 6) is 1.12. The second-order valence-corrected chi connectivity index (χ2v) is 4.46. The predicted molar refractivity (Wildman–Crippen MR) is 66.9 cm³/mol. The van der Waals surface area contributed by atoms with Gasteiger partial charge in [0.1, 0.15) is 24.2 Å². The molecule has 1 aromatic carbocycles. The minimum Gasteiger partial charge on any atom is -0.484 e. The molecule has 0 bridgehead atoms. The van der Waals surface area contributed by atoms with Gasteiger partial charge in [0, 0.05) is 11.1 Å². The molecular weight excluding hydrogens is 305 g/mol. The molecule has 5 heteroatoms. The number of ether oxygens (including phenoxy) is 1. The maximum absolute atomic E-state index is 8.91. The lowest BCUT2D eigenvalue weighted by molar-refractivity contribution is 0.267. The number of nitrogens with zero attached hydrogens (tertiary/aromatic N) is 1. The zero-order valence-electron chi connectivity index (χ0n) is 8.61. The quantitative estimate of drug-likeness (QED) is 0.855. The molecule has 0 fully saturated rings. The summed E-state index contributed by atoms with van der Waals surface area (Å²) in [7, 11) is 0. The van der Waals surface area contributed by atoms with Crippen LogP contribution in [0.25, 0.3) is 0 Å². The number of hydrogen-bond acceptors (Lipinski definition) is 3. The van der Waals surface area contributed by atoms with Crippen molar-refractivity contribution < 1.29 is 9.15 Å². The Bertz CT molecular complexity index is 574. The van der Waals surface area contributed by atoms with Gasteiger partial charge >= 0.3 is 0 Å². The Morgan fingerprint density at radius 2 is 2.18 bits per heavy atom. The van der Waals surface area contributed by atoms with Gasteiger partial charge in [-0.3, -0.25) is 0 Å². The lowest BCUT2D eigenvalue weighted by Gasteiger charge is -2.06. The van der Waals surface area contributed by atoms with Crippen LogP contribution in [0.1, 0.15) is 11.3 Å². The molecule has 3 nitrogen and oxygen atoms in total. The topological polar surface area (TPSA) is 46.2 Å². The third kappa shape index (κ3) is 3.02. The molecule has 0 aliphatic rings. The van der Waals surface area contributed by atoms with Crippen LogP contribution in [0.5, 0.6) is 5.75 Å². The fourth-order valence-electron chi connectivity index (χ4n) is 1.29. The van der Waals surface area contributed by atoms with Gasteiger partial charge in [0.15, 0.2) is 4.67 Å². The Balaban J connectivity index is 2.13. The molecule has 0 saturated carbocycles. The van der Waals surface area contributed by atoms with Gasteiger partial charge in [-0.15, -0.1) is 0 Å². The normalized spacial score (nSPS) is 9.94. The smallest absolute Gasteiger partial charge is 0.169 e. The maximum atomic E-state index is 8.91. The van der Waals surface area contributed by atoms with Crippen LogP contribution in [-0.4, -0.2) is 0 Å². The van der Waals surface area contributed by atoms with Crippen molar-refractivity contribution in [3.8, 4) is 11.8 Å². The van der Waals surface area contributed by atoms with Crippen molar-refractivity contribution in [2.24, 2.45) is 0 Å². The van der Waals surface area contributed by atoms with E-state index in [0.717, 1.165) is 0 Å². The highest BCUT2D eigenvalue weighted by atomic mass is 79.9. The number of nitriles is 1. The zero-order chi connectivity index (χ0) is 12.3. The molecule has 0 saturated heterocycles. The minimum absolute atomic E-state index is 0.251. The highest BCUT2D eigenvalue weighted by Crippen LogP contribution is 2.24. The van der Waals surface area contributed by atoms with Crippen molar-refractivity contribution in [2.45, 2.75) is 6.61 Å². The summed E-state index contributed by atoms with van der Waals surface area (Å²) in [5.41, 5.74) is 0.444. The van der Waals surface area contributed by atoms with Crippen molar-refractivity contribution in [2.75, 3.05) is 0 Å². The number of rotatable bonds is 3. The van der Waals surface area contributed by atoms with Gasteiger partial charge in [-0.2, -0.15) is 5.26 Å². The van der Waals surface area contributed by atoms with Crippen molar-refractivity contribution in [1.82, 2.24) is 0 Å². The van der Waals surface area contributed by atoms with Gasteiger partial charge < -0.3 is 9.15 Å². The fourth-order valence-corrected chi connectivity index (χ4v) is 1.79. The summed E-state index contributed by atoms with van der Waals surface area (Å²) in [4.78, 5) is 0. The molecule has 1 heterocycles. The number of halogens is 2. The molecule has 0 N–H and O–H groups in total. The second kappa shape index (κ2) is 5.26. The standard InChI is InChI=1S/C12H7BrClNO2/c13-12-4-3-10(17-12)7-16-11-5-9(14)2-1-8(11)6-15/h1-5H,7H2. The summed E-state index contributed by atoms with van der Waals surface area (Å²) in [6.45, 7) is 0.251. The van der Waals surface area contributed by atoms with E-state index in [9.17, 15) is 0 Å². The van der Waals surface area contributed by atoms with Crippen LogP contribution in [0, 0.1) is 11.3 Å². The van der Waals surface area contributed by atoms with Crippen LogP contribution in [0.3, 0.4) is 0 Å². The molecule has 2 rings (SSSR count). The summed E-state index contributed by atoms with van der Waals surface area (Å²) in [6, 6.07) is 10.5. The van der Waals surface area contributed by atoms with Crippen molar-refractivity contribution in [3.05, 3.63) is 51.3 Å². The second-order valence-electron chi connectivity index (χ2n) is 3.25. The molecule has 0 aliphatic heterocycles. The van der Waals surface area contributed by atoms with E-state index in [1.165, 1.54) is 0 Å². The first-order valence-corrected chi connectivity index (χ1v) is 5.93. The van der Waals surface area contributed by atoms with Gasteiger partial charge in [-0.1, -0.05) is 11.6 Å². The average molecular weight is 313 g/mol. The van der Waals surface area contributed by atoms with Crippen LogP contribution in [0.4, 0.5) is 0 Å². The minimum atomic E-state index is 0.251. The summed E-state index contributed by atoms with van der Waals surface area (Å²) >= 11 is 9.04. The van der Waals surface area contributed by atoms with E-state index < -0.39 is 0 Å². The van der Waals surface area contributed by atoms with Crippen molar-refractivity contribution in [3.63, 3.8) is 0 Å². The number of hydrogen-bond donors (Lipinski definition) is 0. The van der Waals surface area contributed by atoms with Crippen LogP contribution < -0.4 is 4.74 Å². The Morgan fingerprint density at radius 1 is 1.35 bits per heavy atom. The van der Waals surface area contributed by atoms with Gasteiger partial charge in [0.25, 0.3) is 0 Å². The lowest BCUT2D eigenvalue weighted by atomic mass is 10.2. The molecule has 1 aromatic heterocycles. The van der Waals surface area contributed by atoms with Gasteiger partial charge in [-0.25, -0.2) is 0 Å². The summed E-state index contributed by atoms with van der Waals surface area (Å²) in [6.07, 6.45) is 0. The molecule has 2 aromatic rings. The third-order valence-electron chi connectivity index (χ3n) is 2.06. The van der Waals surface area contributed by atoms with Crippen LogP contribution in [-0.2, 0) is 6.61 Å². The zero-order valence-corrected chi connectivity index (χ0v) is 11.0. The van der Waals surface area contributed by atoms with E-state index >= 15 is 0 Å². The molecule has 0 unspecified atom stereocenters. The molecule has 0 atom stereocenters. The Morgan fingerprint density at radius 3 is 2.82 bits per heavy atom. The largest absolute Gasteiger partial charge is 0.484 e. The number of benzene rings is 1. The van der Waals surface area contributed by atoms with E-state index in [0.29, 0.717) is 26.8 Å². The van der Waals surface area contributed by atoms with Crippen LogP contribution >= 0.6 is 27.5 Å². The highest BCUT2D eigenvalue weighted by molar-refractivity contribution is 9.10. The van der Waals surface area contributed by atoms with Gasteiger partial charge in [0.2, 0.25) is 0 Å². The van der Waals surface area contributed by atoms with E-state index in [-0.39, 0.29) is 6.61 Å². The first-order valence-electron chi connectivity index (χ1n) is 4.75. The molecule has 17 heavy (non-hydrogen) atoms. The molecule has 0 spiro atoms. The van der Waals surface area contributed by atoms with E-state index in [1.807, 2.05) is 6.07 Å². The Kier molecular flexibility index (Phi) is 3.72. The van der Waals surface area contributed by atoms with Crippen LogP contribution in [0.2, 0.25) is 5.02 Å². The molecule has 86 valence electrons. The van der Waals surface area contributed by atoms with E-state index in [4.69, 9.17) is 26.0 Å². The highest BCUT2D eigenvalue weighted by Gasteiger charge is 2.06. The van der Waals surface area contributed by atoms with Gasteiger partial charge in [0.05, 0.1) is 5.56 Å². The first-order chi connectivity index (χ1) is 8.19. The van der Waals surface area contributed by atoms with Crippen molar-refractivity contribution >= 4 is 27.5 Å². The SMILES string of the molecule is N#Cc1ccc(Cl)cc1OCc1ccc(Br)o1.